The fourth-order valence-electron chi connectivity index (χ4n) is 3.26. The van der Waals surface area contributed by atoms with Gasteiger partial charge >= 0.3 is 0 Å². The molecule has 0 aromatic carbocycles. The van der Waals surface area contributed by atoms with E-state index < -0.39 is 30.7 Å². The summed E-state index contributed by atoms with van der Waals surface area (Å²) in [6.45, 7) is 9.45. The number of ether oxygens (including phenoxy) is 3. The topological polar surface area (TPSA) is 88.4 Å². The maximum atomic E-state index is 10.5. The van der Waals surface area contributed by atoms with Gasteiger partial charge in [0.2, 0.25) is 0 Å². The summed E-state index contributed by atoms with van der Waals surface area (Å²) in [6.07, 6.45) is -3.92. The zero-order valence-corrected chi connectivity index (χ0v) is 14.0. The fourth-order valence-corrected chi connectivity index (χ4v) is 3.26. The summed E-state index contributed by atoms with van der Waals surface area (Å²) in [5.41, 5.74) is 0. The van der Waals surface area contributed by atoms with Crippen LogP contribution in [0.2, 0.25) is 0 Å². The Morgan fingerprint density at radius 2 is 1.41 bits per heavy atom. The van der Waals surface area contributed by atoms with Gasteiger partial charge in [-0.3, -0.25) is 0 Å². The molecule has 3 N–H and O–H groups in total. The minimum atomic E-state index is -0.820. The average molecular weight is 318 g/mol. The third-order valence-corrected chi connectivity index (χ3v) is 5.58. The lowest BCUT2D eigenvalue weighted by atomic mass is 9.84. The van der Waals surface area contributed by atoms with E-state index in [1.54, 1.807) is 0 Å². The van der Waals surface area contributed by atoms with E-state index in [-0.39, 0.29) is 36.6 Å². The third-order valence-electron chi connectivity index (χ3n) is 5.58. The molecule has 0 aromatic heterocycles. The summed E-state index contributed by atoms with van der Waals surface area (Å²) in [6, 6.07) is 0. The quantitative estimate of drug-likeness (QED) is 0.703. The molecule has 2 rings (SSSR count). The van der Waals surface area contributed by atoms with Crippen LogP contribution >= 0.6 is 0 Å². The highest BCUT2D eigenvalue weighted by atomic mass is 16.7. The van der Waals surface area contributed by atoms with Crippen LogP contribution in [0.3, 0.4) is 0 Å². The van der Waals surface area contributed by atoms with Crippen molar-refractivity contribution in [2.75, 3.05) is 6.61 Å². The van der Waals surface area contributed by atoms with Crippen LogP contribution in [-0.2, 0) is 14.2 Å². The Bertz CT molecular complexity index is 363. The van der Waals surface area contributed by atoms with Crippen molar-refractivity contribution in [2.45, 2.75) is 77.5 Å². The number of aliphatic hydroxyl groups excluding tert-OH is 3. The molecular weight excluding hydrogens is 288 g/mol. The van der Waals surface area contributed by atoms with Gasteiger partial charge in [-0.05, 0) is 25.7 Å². The molecule has 2 heterocycles. The monoisotopic (exact) mass is 318 g/mol. The van der Waals surface area contributed by atoms with Gasteiger partial charge in [0.05, 0.1) is 24.9 Å². The molecule has 130 valence electrons. The first-order valence-electron chi connectivity index (χ1n) is 8.21. The second kappa shape index (κ2) is 7.11. The van der Waals surface area contributed by atoms with Crippen molar-refractivity contribution < 1.29 is 29.5 Å². The van der Waals surface area contributed by atoms with E-state index in [1.165, 1.54) is 0 Å². The Hall–Kier alpha value is -0.240. The number of hydrogen-bond acceptors (Lipinski definition) is 6. The fraction of sp³-hybridized carbons (Fsp3) is 1.00. The Balaban J connectivity index is 2.10. The summed E-state index contributed by atoms with van der Waals surface area (Å²) < 4.78 is 17.3. The van der Waals surface area contributed by atoms with E-state index >= 15 is 0 Å². The summed E-state index contributed by atoms with van der Waals surface area (Å²) in [5, 5.41) is 30.3. The van der Waals surface area contributed by atoms with E-state index in [0.717, 1.165) is 0 Å². The average Bonchev–Trinajstić information content (AvgIpc) is 2.50. The van der Waals surface area contributed by atoms with Gasteiger partial charge in [-0.15, -0.1) is 0 Å². The lowest BCUT2D eigenvalue weighted by Crippen LogP contribution is -2.59. The zero-order valence-electron chi connectivity index (χ0n) is 14.0. The van der Waals surface area contributed by atoms with Crippen molar-refractivity contribution in [2.24, 2.45) is 17.8 Å². The Morgan fingerprint density at radius 1 is 0.818 bits per heavy atom. The first-order valence-corrected chi connectivity index (χ1v) is 8.21. The van der Waals surface area contributed by atoms with E-state index in [0.29, 0.717) is 0 Å². The largest absolute Gasteiger partial charge is 0.394 e. The second-order valence-corrected chi connectivity index (χ2v) is 6.93. The Kier molecular flexibility index (Phi) is 5.85. The summed E-state index contributed by atoms with van der Waals surface area (Å²) in [4.78, 5) is 0. The Morgan fingerprint density at radius 3 is 2.00 bits per heavy atom. The van der Waals surface area contributed by atoms with Crippen molar-refractivity contribution in [3.05, 3.63) is 0 Å². The number of hydrogen-bond donors (Lipinski definition) is 3. The van der Waals surface area contributed by atoms with Crippen LogP contribution < -0.4 is 0 Å². The lowest BCUT2D eigenvalue weighted by Gasteiger charge is -2.46. The van der Waals surface area contributed by atoms with Crippen LogP contribution in [0.25, 0.3) is 0 Å². The standard InChI is InChI=1S/C16H30O6/c1-7-8(2)14(19)16(21-10(7)4)22-15-12(6-17)20-11(5)9(3)13(15)18/h7-19H,6H2,1-5H3. The maximum absolute atomic E-state index is 10.5. The highest BCUT2D eigenvalue weighted by molar-refractivity contribution is 4.91. The van der Waals surface area contributed by atoms with Crippen LogP contribution in [-0.4, -0.2) is 64.8 Å². The van der Waals surface area contributed by atoms with Crippen molar-refractivity contribution in [1.29, 1.82) is 0 Å². The van der Waals surface area contributed by atoms with Gasteiger partial charge < -0.3 is 29.5 Å². The molecule has 2 aliphatic heterocycles. The highest BCUT2D eigenvalue weighted by Gasteiger charge is 2.46. The summed E-state index contributed by atoms with van der Waals surface area (Å²) in [5.74, 6) is 0.122. The first kappa shape index (κ1) is 18.1. The van der Waals surface area contributed by atoms with E-state index in [9.17, 15) is 15.3 Å². The molecule has 0 saturated carbocycles. The third kappa shape index (κ3) is 3.32. The van der Waals surface area contributed by atoms with Crippen molar-refractivity contribution in [3.63, 3.8) is 0 Å². The molecule has 0 radical (unpaired) electrons. The van der Waals surface area contributed by atoms with Crippen molar-refractivity contribution >= 4 is 0 Å². The minimum Gasteiger partial charge on any atom is -0.394 e. The minimum absolute atomic E-state index is 0.0272. The van der Waals surface area contributed by atoms with Crippen LogP contribution in [0, 0.1) is 17.8 Å². The molecule has 2 aliphatic rings. The van der Waals surface area contributed by atoms with Crippen molar-refractivity contribution in [1.82, 2.24) is 0 Å². The molecule has 2 fully saturated rings. The smallest absolute Gasteiger partial charge is 0.184 e. The molecule has 0 amide bonds. The molecule has 2 saturated heterocycles. The molecule has 0 aliphatic carbocycles. The molecule has 0 bridgehead atoms. The molecule has 6 heteroatoms. The van der Waals surface area contributed by atoms with Gasteiger partial charge in [0, 0.05) is 5.92 Å². The van der Waals surface area contributed by atoms with Gasteiger partial charge in [0.15, 0.2) is 6.29 Å². The maximum Gasteiger partial charge on any atom is 0.184 e. The normalized spacial score (nSPS) is 53.5. The zero-order chi connectivity index (χ0) is 16.6. The molecular formula is C16H30O6. The van der Waals surface area contributed by atoms with Gasteiger partial charge in [-0.1, -0.05) is 20.8 Å². The molecule has 0 spiro atoms. The SMILES string of the molecule is CC1OC(OC2C(CO)OC(C)C(C)C2O)C(O)C(C)C1C. The molecule has 10 atom stereocenters. The second-order valence-electron chi connectivity index (χ2n) is 6.93. The predicted molar refractivity (Wildman–Crippen MR) is 80.1 cm³/mol. The predicted octanol–water partition coefficient (Wildman–Crippen LogP) is 0.526. The van der Waals surface area contributed by atoms with Crippen LogP contribution in [0.1, 0.15) is 34.6 Å². The van der Waals surface area contributed by atoms with Crippen LogP contribution in [0.5, 0.6) is 0 Å². The first-order chi connectivity index (χ1) is 10.3. The van der Waals surface area contributed by atoms with E-state index in [4.69, 9.17) is 14.2 Å². The molecule has 6 nitrogen and oxygen atoms in total. The summed E-state index contributed by atoms with van der Waals surface area (Å²) >= 11 is 0. The highest BCUT2D eigenvalue weighted by Crippen LogP contribution is 2.34. The molecule has 22 heavy (non-hydrogen) atoms. The van der Waals surface area contributed by atoms with Crippen LogP contribution in [0.4, 0.5) is 0 Å². The van der Waals surface area contributed by atoms with E-state index in [1.807, 2.05) is 34.6 Å². The number of rotatable bonds is 3. The van der Waals surface area contributed by atoms with Gasteiger partial charge in [-0.2, -0.15) is 0 Å². The summed E-state index contributed by atoms with van der Waals surface area (Å²) in [7, 11) is 0. The lowest BCUT2D eigenvalue weighted by molar-refractivity contribution is -0.319. The van der Waals surface area contributed by atoms with E-state index in [2.05, 4.69) is 0 Å². The Labute approximate surface area is 132 Å². The van der Waals surface area contributed by atoms with Gasteiger partial charge in [0.1, 0.15) is 18.3 Å². The molecule has 10 unspecified atom stereocenters. The van der Waals surface area contributed by atoms with Crippen molar-refractivity contribution in [3.8, 4) is 0 Å². The van der Waals surface area contributed by atoms with Gasteiger partial charge in [-0.25, -0.2) is 0 Å². The number of aliphatic hydroxyl groups is 3. The van der Waals surface area contributed by atoms with Crippen LogP contribution in [0.15, 0.2) is 0 Å². The van der Waals surface area contributed by atoms with Gasteiger partial charge in [0.25, 0.3) is 0 Å². The molecule has 0 aromatic rings.